The Labute approximate surface area is 210 Å². The molecule has 0 aliphatic carbocycles. The summed E-state index contributed by atoms with van der Waals surface area (Å²) in [7, 11) is 0. The molecule has 1 aromatic carbocycles. The molecule has 2 aromatic rings. The van der Waals surface area contributed by atoms with Crippen molar-refractivity contribution in [1.29, 1.82) is 0 Å². The monoisotopic (exact) mass is 571 g/mol. The van der Waals surface area contributed by atoms with Gasteiger partial charge in [-0.1, -0.05) is 24.0 Å². The summed E-state index contributed by atoms with van der Waals surface area (Å²) in [6.07, 6.45) is -2.46. The summed E-state index contributed by atoms with van der Waals surface area (Å²) in [5, 5.41) is 6.65. The maximum absolute atomic E-state index is 12.8. The van der Waals surface area contributed by atoms with E-state index in [0.717, 1.165) is 49.6 Å². The van der Waals surface area contributed by atoms with E-state index in [0.29, 0.717) is 18.1 Å². The van der Waals surface area contributed by atoms with Gasteiger partial charge in [0.15, 0.2) is 5.96 Å². The molecule has 0 radical (unpaired) electrons. The lowest BCUT2D eigenvalue weighted by Gasteiger charge is -2.34. The summed E-state index contributed by atoms with van der Waals surface area (Å²) >= 11 is 0. The Morgan fingerprint density at radius 2 is 1.91 bits per heavy atom. The van der Waals surface area contributed by atoms with Gasteiger partial charge in [0.05, 0.1) is 5.56 Å². The van der Waals surface area contributed by atoms with E-state index >= 15 is 0 Å². The smallest absolute Gasteiger partial charge is 0.357 e. The molecule has 3 rings (SSSR count). The molecule has 0 saturated carbocycles. The summed E-state index contributed by atoms with van der Waals surface area (Å²) < 4.78 is 38.4. The summed E-state index contributed by atoms with van der Waals surface area (Å²) in [5.41, 5.74) is 0.635. The molecule has 0 atom stereocenters. The highest BCUT2D eigenvalue weighted by Crippen LogP contribution is 2.29. The van der Waals surface area contributed by atoms with Gasteiger partial charge >= 0.3 is 6.18 Å². The molecule has 2 N–H and O–H groups in total. The van der Waals surface area contributed by atoms with Crippen molar-refractivity contribution in [3.05, 3.63) is 59.3 Å². The zero-order valence-electron chi connectivity index (χ0n) is 18.7. The molecule has 1 aliphatic rings. The van der Waals surface area contributed by atoms with Crippen molar-refractivity contribution in [2.45, 2.75) is 38.9 Å². The Balaban J connectivity index is 0.00000385. The lowest BCUT2D eigenvalue weighted by atomic mass is 10.1. The van der Waals surface area contributed by atoms with Crippen LogP contribution in [-0.2, 0) is 6.18 Å². The third kappa shape index (κ3) is 8.42. The van der Waals surface area contributed by atoms with E-state index in [2.05, 4.69) is 37.4 Å². The Morgan fingerprint density at radius 3 is 2.58 bits per heavy atom. The Hall–Kier alpha value is -2.48. The molecule has 1 fully saturated rings. The Bertz CT molecular complexity index is 989. The second-order valence-corrected chi connectivity index (χ2v) is 7.62. The van der Waals surface area contributed by atoms with Gasteiger partial charge in [0, 0.05) is 36.9 Å². The predicted molar refractivity (Wildman–Crippen MR) is 137 cm³/mol. The van der Waals surface area contributed by atoms with Crippen molar-refractivity contribution in [3.63, 3.8) is 0 Å². The Morgan fingerprint density at radius 1 is 1.18 bits per heavy atom. The van der Waals surface area contributed by atoms with Crippen LogP contribution in [0.4, 0.5) is 19.0 Å². The number of nitrogens with zero attached hydrogens (tertiary/aromatic N) is 3. The minimum Gasteiger partial charge on any atom is -0.357 e. The molecule has 1 aromatic heterocycles. The van der Waals surface area contributed by atoms with Gasteiger partial charge in [0.1, 0.15) is 12.4 Å². The SMILES string of the molecule is CCNC(=NCC#Cc1cccc(C(F)(F)F)c1)NC1CCN(c2cccc(C)n2)CC1.I. The van der Waals surface area contributed by atoms with Crippen LogP contribution in [0.3, 0.4) is 0 Å². The molecule has 5 nitrogen and oxygen atoms in total. The molecule has 1 aliphatic heterocycles. The van der Waals surface area contributed by atoms with E-state index in [4.69, 9.17) is 0 Å². The number of nitrogens with one attached hydrogen (secondary N) is 2. The number of aromatic nitrogens is 1. The fourth-order valence-corrected chi connectivity index (χ4v) is 3.50. The highest BCUT2D eigenvalue weighted by Gasteiger charge is 2.30. The van der Waals surface area contributed by atoms with Crippen molar-refractivity contribution in [1.82, 2.24) is 15.6 Å². The lowest BCUT2D eigenvalue weighted by Crippen LogP contribution is -2.49. The second-order valence-electron chi connectivity index (χ2n) is 7.62. The van der Waals surface area contributed by atoms with Crippen LogP contribution in [-0.4, -0.2) is 43.2 Å². The zero-order chi connectivity index (χ0) is 23.0. The normalized spacial score (nSPS) is 14.7. The largest absolute Gasteiger partial charge is 0.416 e. The predicted octanol–water partition coefficient (Wildman–Crippen LogP) is 4.60. The van der Waals surface area contributed by atoms with E-state index in [1.54, 1.807) is 6.07 Å². The molecular formula is C24H29F3IN5. The number of guanidine groups is 1. The number of piperidine rings is 1. The molecule has 0 spiro atoms. The van der Waals surface area contributed by atoms with Crippen molar-refractivity contribution < 1.29 is 13.2 Å². The summed E-state index contributed by atoms with van der Waals surface area (Å²) in [6.45, 7) is 6.69. The average molecular weight is 571 g/mol. The molecular weight excluding hydrogens is 542 g/mol. The molecule has 0 amide bonds. The molecule has 0 unspecified atom stereocenters. The van der Waals surface area contributed by atoms with Gasteiger partial charge in [0.2, 0.25) is 0 Å². The highest BCUT2D eigenvalue weighted by atomic mass is 127. The van der Waals surface area contributed by atoms with Gasteiger partial charge in [-0.05, 0) is 57.0 Å². The fourth-order valence-electron chi connectivity index (χ4n) is 3.50. The maximum atomic E-state index is 12.8. The van der Waals surface area contributed by atoms with Crippen molar-refractivity contribution in [2.75, 3.05) is 31.1 Å². The number of aryl methyl sites for hydroxylation is 1. The van der Waals surface area contributed by atoms with E-state index in [1.807, 2.05) is 32.0 Å². The van der Waals surface area contributed by atoms with E-state index in [1.165, 1.54) is 6.07 Å². The summed E-state index contributed by atoms with van der Waals surface area (Å²) in [4.78, 5) is 11.3. The third-order valence-electron chi connectivity index (χ3n) is 5.12. The van der Waals surface area contributed by atoms with Crippen molar-refractivity contribution in [3.8, 4) is 11.8 Å². The van der Waals surface area contributed by atoms with E-state index in [-0.39, 0.29) is 36.6 Å². The first-order valence-corrected chi connectivity index (χ1v) is 10.7. The third-order valence-corrected chi connectivity index (χ3v) is 5.12. The Kier molecular flexibility index (Phi) is 10.3. The number of halogens is 4. The molecule has 0 bridgehead atoms. The number of hydrogen-bond donors (Lipinski definition) is 2. The van der Waals surface area contributed by atoms with Gasteiger partial charge in [-0.15, -0.1) is 24.0 Å². The second kappa shape index (κ2) is 12.7. The molecule has 2 heterocycles. The zero-order valence-corrected chi connectivity index (χ0v) is 21.1. The topological polar surface area (TPSA) is 52.6 Å². The minimum atomic E-state index is -4.37. The first-order chi connectivity index (χ1) is 15.3. The molecule has 178 valence electrons. The van der Waals surface area contributed by atoms with Gasteiger partial charge in [0.25, 0.3) is 0 Å². The first-order valence-electron chi connectivity index (χ1n) is 10.7. The maximum Gasteiger partial charge on any atom is 0.416 e. The molecule has 9 heteroatoms. The fraction of sp³-hybridized carbons (Fsp3) is 0.417. The highest BCUT2D eigenvalue weighted by molar-refractivity contribution is 14.0. The minimum absolute atomic E-state index is 0. The van der Waals surface area contributed by atoms with Crippen LogP contribution in [0.15, 0.2) is 47.5 Å². The van der Waals surface area contributed by atoms with Crippen LogP contribution in [0, 0.1) is 18.8 Å². The van der Waals surface area contributed by atoms with E-state index in [9.17, 15) is 13.2 Å². The van der Waals surface area contributed by atoms with Crippen LogP contribution in [0.25, 0.3) is 0 Å². The van der Waals surface area contributed by atoms with E-state index < -0.39 is 11.7 Å². The number of aliphatic imine (C=N–C) groups is 1. The quantitative estimate of drug-likeness (QED) is 0.244. The summed E-state index contributed by atoms with van der Waals surface area (Å²) in [6, 6.07) is 11.4. The molecule has 33 heavy (non-hydrogen) atoms. The van der Waals surface area contributed by atoms with Gasteiger partial charge in [-0.25, -0.2) is 9.98 Å². The standard InChI is InChI=1S/C24H28F3N5.HI/c1-3-28-23(29-14-6-9-19-8-5-10-20(17-19)24(25,26)27)31-21-12-15-32(16-13-21)22-11-4-7-18(2)30-22;/h4-5,7-8,10-11,17,21H,3,12-16H2,1-2H3,(H2,28,29,31);1H. The van der Waals surface area contributed by atoms with Crippen LogP contribution in [0.1, 0.15) is 36.6 Å². The number of hydrogen-bond acceptors (Lipinski definition) is 3. The number of anilines is 1. The number of alkyl halides is 3. The summed E-state index contributed by atoms with van der Waals surface area (Å²) in [5.74, 6) is 7.27. The number of pyridine rings is 1. The van der Waals surface area contributed by atoms with Gasteiger partial charge in [-0.2, -0.15) is 13.2 Å². The van der Waals surface area contributed by atoms with Crippen molar-refractivity contribution in [2.24, 2.45) is 4.99 Å². The van der Waals surface area contributed by atoms with Crippen LogP contribution in [0.2, 0.25) is 0 Å². The molecule has 1 saturated heterocycles. The first kappa shape index (κ1) is 26.8. The van der Waals surface area contributed by atoms with Crippen LogP contribution in [0.5, 0.6) is 0 Å². The number of rotatable bonds is 4. The van der Waals surface area contributed by atoms with Crippen molar-refractivity contribution >= 4 is 35.8 Å². The lowest BCUT2D eigenvalue weighted by molar-refractivity contribution is -0.137. The number of benzene rings is 1. The average Bonchev–Trinajstić information content (AvgIpc) is 2.77. The van der Waals surface area contributed by atoms with Gasteiger partial charge in [-0.3, -0.25) is 0 Å². The van der Waals surface area contributed by atoms with Crippen LogP contribution >= 0.6 is 24.0 Å². The van der Waals surface area contributed by atoms with Gasteiger partial charge < -0.3 is 15.5 Å². The van der Waals surface area contributed by atoms with Crippen LogP contribution < -0.4 is 15.5 Å².